The van der Waals surface area contributed by atoms with Gasteiger partial charge in [-0.1, -0.05) is 19.9 Å². The normalized spacial score (nSPS) is 16.1. The number of aryl methyl sites for hydroxylation is 1. The van der Waals surface area contributed by atoms with Crippen molar-refractivity contribution in [3.05, 3.63) is 41.1 Å². The number of hydrogen-bond donors (Lipinski definition) is 1. The second-order valence-electron chi connectivity index (χ2n) is 7.77. The van der Waals surface area contributed by atoms with Gasteiger partial charge in [0.1, 0.15) is 11.6 Å². The Balaban J connectivity index is 2.21. The molecule has 1 aliphatic heterocycles. The number of fused-ring (bicyclic) bond motifs is 1. The zero-order valence-electron chi connectivity index (χ0n) is 16.1. The van der Waals surface area contributed by atoms with Crippen molar-refractivity contribution in [3.63, 3.8) is 0 Å². The molecule has 26 heavy (non-hydrogen) atoms. The molecular weight excluding hydrogens is 331 g/mol. The van der Waals surface area contributed by atoms with Crippen LogP contribution in [-0.2, 0) is 16.9 Å². The molecule has 2 heterocycles. The monoisotopic (exact) mass is 358 g/mol. The Bertz CT molecular complexity index is 854. The summed E-state index contributed by atoms with van der Waals surface area (Å²) in [5.74, 6) is 0.595. The molecule has 5 nitrogen and oxygen atoms in total. The van der Waals surface area contributed by atoms with Crippen LogP contribution in [0.25, 0.3) is 11.3 Å². The zero-order valence-corrected chi connectivity index (χ0v) is 16.1. The first-order valence-corrected chi connectivity index (χ1v) is 9.06. The van der Waals surface area contributed by atoms with Crippen LogP contribution >= 0.6 is 0 Å². The van der Waals surface area contributed by atoms with Gasteiger partial charge in [-0.2, -0.15) is 0 Å². The third-order valence-corrected chi connectivity index (χ3v) is 5.18. The Kier molecular flexibility index (Phi) is 4.65. The van der Waals surface area contributed by atoms with E-state index < -0.39 is 5.54 Å². The van der Waals surface area contributed by atoms with Crippen molar-refractivity contribution in [2.45, 2.75) is 52.6 Å². The van der Waals surface area contributed by atoms with Crippen LogP contribution in [0.15, 0.2) is 18.2 Å². The second-order valence-corrected chi connectivity index (χ2v) is 7.77. The summed E-state index contributed by atoms with van der Waals surface area (Å²) in [6.45, 7) is 11.2. The first-order valence-electron chi connectivity index (χ1n) is 9.06. The molecule has 0 bridgehead atoms. The number of nitrogens with zero attached hydrogens (tertiary/aromatic N) is 3. The minimum absolute atomic E-state index is 0.0272. The SMILES string of the molecule is Cc1ccc(-c2nc3n(c2C(C)C)CCN(C(=O)CN)C3(C)C)c(F)c1. The predicted molar refractivity (Wildman–Crippen MR) is 100 cm³/mol. The molecule has 1 aliphatic rings. The van der Waals surface area contributed by atoms with E-state index in [4.69, 9.17) is 10.7 Å². The molecule has 0 radical (unpaired) electrons. The molecule has 0 unspecified atom stereocenters. The number of carbonyl (C=O) groups excluding carboxylic acids is 1. The van der Waals surface area contributed by atoms with Crippen molar-refractivity contribution in [1.82, 2.24) is 14.5 Å². The van der Waals surface area contributed by atoms with E-state index in [9.17, 15) is 9.18 Å². The molecule has 3 rings (SSSR count). The Morgan fingerprint density at radius 2 is 2.04 bits per heavy atom. The van der Waals surface area contributed by atoms with Gasteiger partial charge < -0.3 is 15.2 Å². The van der Waals surface area contributed by atoms with Crippen LogP contribution in [0.5, 0.6) is 0 Å². The fourth-order valence-electron chi connectivity index (χ4n) is 3.90. The molecule has 0 atom stereocenters. The minimum atomic E-state index is -0.599. The highest BCUT2D eigenvalue weighted by Gasteiger charge is 2.41. The number of carbonyl (C=O) groups is 1. The lowest BCUT2D eigenvalue weighted by atomic mass is 9.98. The molecule has 0 saturated carbocycles. The van der Waals surface area contributed by atoms with E-state index in [-0.39, 0.29) is 24.2 Å². The van der Waals surface area contributed by atoms with Crippen molar-refractivity contribution in [2.24, 2.45) is 5.73 Å². The van der Waals surface area contributed by atoms with Crippen LogP contribution < -0.4 is 5.73 Å². The van der Waals surface area contributed by atoms with Crippen molar-refractivity contribution < 1.29 is 9.18 Å². The average Bonchev–Trinajstić information content (AvgIpc) is 2.95. The quantitative estimate of drug-likeness (QED) is 0.917. The van der Waals surface area contributed by atoms with Crippen molar-refractivity contribution in [3.8, 4) is 11.3 Å². The van der Waals surface area contributed by atoms with Gasteiger partial charge in [0.25, 0.3) is 0 Å². The number of amides is 1. The third kappa shape index (κ3) is 2.82. The van der Waals surface area contributed by atoms with Gasteiger partial charge in [-0.3, -0.25) is 4.79 Å². The summed E-state index contributed by atoms with van der Waals surface area (Å²) in [4.78, 5) is 18.9. The lowest BCUT2D eigenvalue weighted by Gasteiger charge is -2.42. The maximum Gasteiger partial charge on any atom is 0.237 e. The first-order chi connectivity index (χ1) is 12.2. The Morgan fingerprint density at radius 3 is 2.62 bits per heavy atom. The largest absolute Gasteiger partial charge is 0.327 e. The van der Waals surface area contributed by atoms with Gasteiger partial charge in [-0.15, -0.1) is 0 Å². The molecular formula is C20H27FN4O. The third-order valence-electron chi connectivity index (χ3n) is 5.18. The van der Waals surface area contributed by atoms with Crippen molar-refractivity contribution in [1.29, 1.82) is 0 Å². The van der Waals surface area contributed by atoms with E-state index in [1.807, 2.05) is 26.8 Å². The topological polar surface area (TPSA) is 64.2 Å². The standard InChI is InChI=1S/C20H27FN4O/c1-12(2)18-17(14-7-6-13(3)10-15(14)21)23-19-20(4,5)25(16(26)11-22)9-8-24(18)19/h6-7,10,12H,8-9,11,22H2,1-5H3. The fourth-order valence-corrected chi connectivity index (χ4v) is 3.90. The molecule has 0 aliphatic carbocycles. The number of halogens is 1. The molecule has 1 amide bonds. The van der Waals surface area contributed by atoms with Crippen molar-refractivity contribution in [2.75, 3.05) is 13.1 Å². The van der Waals surface area contributed by atoms with E-state index in [1.54, 1.807) is 11.0 Å². The molecule has 0 spiro atoms. The van der Waals surface area contributed by atoms with Gasteiger partial charge >= 0.3 is 0 Å². The van der Waals surface area contributed by atoms with E-state index in [1.165, 1.54) is 6.07 Å². The summed E-state index contributed by atoms with van der Waals surface area (Å²) in [6.07, 6.45) is 0. The summed E-state index contributed by atoms with van der Waals surface area (Å²) in [5, 5.41) is 0. The number of imidazole rings is 1. The van der Waals surface area contributed by atoms with Gasteiger partial charge in [0.15, 0.2) is 0 Å². The van der Waals surface area contributed by atoms with Gasteiger partial charge in [-0.05, 0) is 44.4 Å². The van der Waals surface area contributed by atoms with Crippen LogP contribution in [0, 0.1) is 12.7 Å². The molecule has 0 fully saturated rings. The predicted octanol–water partition coefficient (Wildman–Crippen LogP) is 3.16. The fraction of sp³-hybridized carbons (Fsp3) is 0.500. The van der Waals surface area contributed by atoms with E-state index in [0.717, 1.165) is 17.1 Å². The smallest absolute Gasteiger partial charge is 0.237 e. The molecule has 6 heteroatoms. The molecule has 1 aromatic carbocycles. The first kappa shape index (κ1) is 18.6. The summed E-state index contributed by atoms with van der Waals surface area (Å²) in [5.41, 5.74) is 8.05. The highest BCUT2D eigenvalue weighted by Crippen LogP contribution is 2.39. The number of rotatable bonds is 3. The summed E-state index contributed by atoms with van der Waals surface area (Å²) >= 11 is 0. The molecule has 2 N–H and O–H groups in total. The van der Waals surface area contributed by atoms with Gasteiger partial charge in [-0.25, -0.2) is 9.37 Å². The maximum absolute atomic E-state index is 14.7. The molecule has 0 saturated heterocycles. The summed E-state index contributed by atoms with van der Waals surface area (Å²) < 4.78 is 16.8. The zero-order chi connectivity index (χ0) is 19.2. The minimum Gasteiger partial charge on any atom is -0.327 e. The number of nitrogens with two attached hydrogens (primary N) is 1. The maximum atomic E-state index is 14.7. The Morgan fingerprint density at radius 1 is 1.35 bits per heavy atom. The van der Waals surface area contributed by atoms with E-state index >= 15 is 0 Å². The van der Waals surface area contributed by atoms with Crippen LogP contribution in [0.2, 0.25) is 0 Å². The van der Waals surface area contributed by atoms with Gasteiger partial charge in [0.2, 0.25) is 5.91 Å². The second kappa shape index (κ2) is 6.50. The average molecular weight is 358 g/mol. The van der Waals surface area contributed by atoms with Crippen molar-refractivity contribution >= 4 is 5.91 Å². The van der Waals surface area contributed by atoms with Crippen LogP contribution in [0.3, 0.4) is 0 Å². The van der Waals surface area contributed by atoms with Crippen LogP contribution in [0.4, 0.5) is 4.39 Å². The molecule has 1 aromatic heterocycles. The van der Waals surface area contributed by atoms with Gasteiger partial charge in [0, 0.05) is 24.3 Å². The lowest BCUT2D eigenvalue weighted by molar-refractivity contribution is -0.137. The Hall–Kier alpha value is -2.21. The molecule has 2 aromatic rings. The van der Waals surface area contributed by atoms with E-state index in [0.29, 0.717) is 24.3 Å². The van der Waals surface area contributed by atoms with Crippen LogP contribution in [0.1, 0.15) is 50.7 Å². The highest BCUT2D eigenvalue weighted by molar-refractivity contribution is 5.79. The number of benzene rings is 1. The summed E-state index contributed by atoms with van der Waals surface area (Å²) in [7, 11) is 0. The van der Waals surface area contributed by atoms with Gasteiger partial charge in [0.05, 0.1) is 17.8 Å². The molecule has 140 valence electrons. The van der Waals surface area contributed by atoms with E-state index in [2.05, 4.69) is 18.4 Å². The highest BCUT2D eigenvalue weighted by atomic mass is 19.1. The van der Waals surface area contributed by atoms with Crippen LogP contribution in [-0.4, -0.2) is 33.4 Å². The number of hydrogen-bond acceptors (Lipinski definition) is 3. The Labute approximate surface area is 154 Å². The summed E-state index contributed by atoms with van der Waals surface area (Å²) in [6, 6.07) is 5.23. The lowest BCUT2D eigenvalue weighted by Crippen LogP contribution is -2.53. The number of aromatic nitrogens is 2.